The van der Waals surface area contributed by atoms with Crippen LogP contribution in [0.25, 0.3) is 21.1 Å². The lowest BCUT2D eigenvalue weighted by Crippen LogP contribution is -1.95. The van der Waals surface area contributed by atoms with Gasteiger partial charge in [0.05, 0.1) is 13.7 Å². The first-order valence-corrected chi connectivity index (χ1v) is 8.83. The maximum absolute atomic E-state index is 5.69. The van der Waals surface area contributed by atoms with Gasteiger partial charge in [-0.3, -0.25) is 0 Å². The molecule has 0 aliphatic heterocycles. The normalized spacial score (nSPS) is 10.6. The molecule has 0 saturated heterocycles. The Morgan fingerprint density at radius 2 is 1.38 bits per heavy atom. The van der Waals surface area contributed by atoms with Crippen LogP contribution in [0.4, 0.5) is 0 Å². The Morgan fingerprint density at radius 1 is 0.833 bits per heavy atom. The highest BCUT2D eigenvalue weighted by Crippen LogP contribution is 2.31. The van der Waals surface area contributed by atoms with E-state index in [4.69, 9.17) is 9.47 Å². The van der Waals surface area contributed by atoms with Crippen LogP contribution in [-0.2, 0) is 0 Å². The van der Waals surface area contributed by atoms with Crippen LogP contribution in [0.5, 0.6) is 11.5 Å². The third-order valence-electron chi connectivity index (χ3n) is 3.63. The van der Waals surface area contributed by atoms with E-state index in [1.165, 1.54) is 0 Å². The second-order valence-corrected chi connectivity index (χ2v) is 6.34. The zero-order valence-corrected chi connectivity index (χ0v) is 14.7. The van der Waals surface area contributed by atoms with Crippen LogP contribution >= 0.6 is 11.3 Å². The number of benzene rings is 2. The van der Waals surface area contributed by atoms with E-state index in [1.54, 1.807) is 18.4 Å². The molecule has 0 aliphatic carbocycles. The minimum atomic E-state index is 0.760. The van der Waals surface area contributed by atoms with Crippen molar-refractivity contribution >= 4 is 11.3 Å². The van der Waals surface area contributed by atoms with E-state index in [0.29, 0.717) is 0 Å². The molecular weight excluding hydrogens is 320 g/mol. The molecule has 0 bridgehead atoms. The van der Waals surface area contributed by atoms with E-state index in [-0.39, 0.29) is 0 Å². The number of rotatable bonds is 7. The van der Waals surface area contributed by atoms with Crippen molar-refractivity contribution in [1.82, 2.24) is 10.2 Å². The van der Waals surface area contributed by atoms with Gasteiger partial charge in [0.1, 0.15) is 21.5 Å². The number of aromatic nitrogens is 2. The van der Waals surface area contributed by atoms with Gasteiger partial charge in [0, 0.05) is 11.1 Å². The van der Waals surface area contributed by atoms with E-state index < -0.39 is 0 Å². The molecule has 2 aromatic carbocycles. The predicted octanol–water partition coefficient (Wildman–Crippen LogP) is 5.06. The Labute approximate surface area is 146 Å². The minimum Gasteiger partial charge on any atom is -0.497 e. The topological polar surface area (TPSA) is 44.2 Å². The third-order valence-corrected chi connectivity index (χ3v) is 4.65. The van der Waals surface area contributed by atoms with E-state index >= 15 is 0 Å². The summed E-state index contributed by atoms with van der Waals surface area (Å²) in [5.74, 6) is 1.73. The molecule has 3 aromatic rings. The van der Waals surface area contributed by atoms with E-state index in [1.807, 2.05) is 48.5 Å². The molecule has 0 unspecified atom stereocenters. The smallest absolute Gasteiger partial charge is 0.148 e. The summed E-state index contributed by atoms with van der Waals surface area (Å²) in [4.78, 5) is 0. The fourth-order valence-corrected chi connectivity index (χ4v) is 3.07. The minimum absolute atomic E-state index is 0.760. The molecule has 0 N–H and O–H groups in total. The Bertz CT molecular complexity index is 767. The summed E-state index contributed by atoms with van der Waals surface area (Å²) in [7, 11) is 1.66. The highest BCUT2D eigenvalue weighted by Gasteiger charge is 2.09. The molecule has 1 heterocycles. The van der Waals surface area contributed by atoms with E-state index in [9.17, 15) is 0 Å². The van der Waals surface area contributed by atoms with Crippen molar-refractivity contribution in [3.63, 3.8) is 0 Å². The lowest BCUT2D eigenvalue weighted by molar-refractivity contribution is 0.309. The molecule has 0 aliphatic rings. The first-order chi connectivity index (χ1) is 11.8. The van der Waals surface area contributed by atoms with Gasteiger partial charge in [0.2, 0.25) is 0 Å². The summed E-state index contributed by atoms with van der Waals surface area (Å²) in [6.07, 6.45) is 2.21. The average molecular weight is 340 g/mol. The molecule has 0 spiro atoms. The second-order valence-electron chi connectivity index (χ2n) is 5.37. The van der Waals surface area contributed by atoms with Gasteiger partial charge in [-0.25, -0.2) is 0 Å². The molecule has 3 rings (SSSR count). The number of hydrogen-bond acceptors (Lipinski definition) is 5. The summed E-state index contributed by atoms with van der Waals surface area (Å²) >= 11 is 1.58. The van der Waals surface area contributed by atoms with Crippen molar-refractivity contribution < 1.29 is 9.47 Å². The molecule has 1 aromatic heterocycles. The van der Waals surface area contributed by atoms with Crippen LogP contribution < -0.4 is 9.47 Å². The van der Waals surface area contributed by atoms with Crippen LogP contribution in [0.2, 0.25) is 0 Å². The highest BCUT2D eigenvalue weighted by atomic mass is 32.1. The fourth-order valence-electron chi connectivity index (χ4n) is 2.22. The van der Waals surface area contributed by atoms with Gasteiger partial charge < -0.3 is 9.47 Å². The molecule has 5 heteroatoms. The van der Waals surface area contributed by atoms with Gasteiger partial charge in [0.25, 0.3) is 0 Å². The van der Waals surface area contributed by atoms with Crippen molar-refractivity contribution in [3.8, 4) is 32.6 Å². The molecule has 0 fully saturated rings. The van der Waals surface area contributed by atoms with Crippen molar-refractivity contribution in [1.29, 1.82) is 0 Å². The Hall–Kier alpha value is -2.40. The summed E-state index contributed by atoms with van der Waals surface area (Å²) in [5.41, 5.74) is 2.09. The van der Waals surface area contributed by atoms with Crippen LogP contribution in [0.1, 0.15) is 19.8 Å². The van der Waals surface area contributed by atoms with Gasteiger partial charge in [0.15, 0.2) is 0 Å². The summed E-state index contributed by atoms with van der Waals surface area (Å²) in [5, 5.41) is 10.4. The number of hydrogen-bond donors (Lipinski definition) is 0. The molecule has 0 amide bonds. The predicted molar refractivity (Wildman–Crippen MR) is 97.7 cm³/mol. The zero-order valence-electron chi connectivity index (χ0n) is 13.9. The third kappa shape index (κ3) is 3.92. The maximum atomic E-state index is 5.69. The number of methoxy groups -OCH3 is 1. The van der Waals surface area contributed by atoms with Crippen molar-refractivity contribution in [2.24, 2.45) is 0 Å². The average Bonchev–Trinajstić information content (AvgIpc) is 3.13. The Kier molecular flexibility index (Phi) is 5.43. The first-order valence-electron chi connectivity index (χ1n) is 8.01. The second kappa shape index (κ2) is 7.93. The molecule has 0 saturated carbocycles. The number of ether oxygens (including phenoxy) is 2. The summed E-state index contributed by atoms with van der Waals surface area (Å²) < 4.78 is 10.9. The Balaban J connectivity index is 1.72. The summed E-state index contributed by atoms with van der Waals surface area (Å²) in [6, 6.07) is 15.9. The maximum Gasteiger partial charge on any atom is 0.148 e. The van der Waals surface area contributed by atoms with E-state index in [2.05, 4.69) is 17.1 Å². The zero-order chi connectivity index (χ0) is 16.8. The SMILES string of the molecule is CCCCOc1ccc(-c2nnc(-c3ccc(OC)cc3)s2)cc1. The molecular formula is C19H20N2O2S. The Morgan fingerprint density at radius 3 is 1.88 bits per heavy atom. The quantitative estimate of drug-likeness (QED) is 0.564. The molecule has 124 valence electrons. The standard InChI is InChI=1S/C19H20N2O2S/c1-3-4-13-23-17-11-7-15(8-12-17)19-21-20-18(24-19)14-5-9-16(22-2)10-6-14/h5-12H,3-4,13H2,1-2H3. The lowest BCUT2D eigenvalue weighted by Gasteiger charge is -2.05. The van der Waals surface area contributed by atoms with Crippen LogP contribution in [0.15, 0.2) is 48.5 Å². The fraction of sp³-hybridized carbons (Fsp3) is 0.263. The lowest BCUT2D eigenvalue weighted by atomic mass is 10.2. The summed E-state index contributed by atoms with van der Waals surface area (Å²) in [6.45, 7) is 2.92. The first kappa shape index (κ1) is 16.5. The molecule has 0 radical (unpaired) electrons. The monoisotopic (exact) mass is 340 g/mol. The van der Waals surface area contributed by atoms with Gasteiger partial charge in [-0.15, -0.1) is 10.2 Å². The van der Waals surface area contributed by atoms with Crippen LogP contribution in [-0.4, -0.2) is 23.9 Å². The van der Waals surface area contributed by atoms with Gasteiger partial charge in [-0.05, 0) is 55.0 Å². The molecule has 24 heavy (non-hydrogen) atoms. The van der Waals surface area contributed by atoms with Crippen LogP contribution in [0, 0.1) is 0 Å². The number of unbranched alkanes of at least 4 members (excludes halogenated alkanes) is 1. The van der Waals surface area contributed by atoms with Crippen molar-refractivity contribution in [3.05, 3.63) is 48.5 Å². The van der Waals surface area contributed by atoms with Gasteiger partial charge in [-0.2, -0.15) is 0 Å². The highest BCUT2D eigenvalue weighted by molar-refractivity contribution is 7.17. The number of nitrogens with zero attached hydrogens (tertiary/aromatic N) is 2. The van der Waals surface area contributed by atoms with Crippen molar-refractivity contribution in [2.45, 2.75) is 19.8 Å². The van der Waals surface area contributed by atoms with Crippen molar-refractivity contribution in [2.75, 3.05) is 13.7 Å². The van der Waals surface area contributed by atoms with E-state index in [0.717, 1.165) is 52.1 Å². The largest absolute Gasteiger partial charge is 0.497 e. The molecule has 4 nitrogen and oxygen atoms in total. The van der Waals surface area contributed by atoms with Gasteiger partial charge >= 0.3 is 0 Å². The van der Waals surface area contributed by atoms with Gasteiger partial charge in [-0.1, -0.05) is 24.7 Å². The molecule has 0 atom stereocenters. The van der Waals surface area contributed by atoms with Crippen LogP contribution in [0.3, 0.4) is 0 Å².